The molecule has 1 aliphatic rings. The molecule has 182 valence electrons. The average molecular weight is 490 g/mol. The van der Waals surface area contributed by atoms with Gasteiger partial charge >= 0.3 is 5.97 Å². The topological polar surface area (TPSA) is 138 Å². The number of rotatable bonds is 9. The lowest BCUT2D eigenvalue weighted by molar-refractivity contribution is -0.270. The molecule has 0 amide bonds. The molecule has 0 aliphatic carbocycles. The van der Waals surface area contributed by atoms with Gasteiger partial charge in [-0.05, 0) is 37.2 Å². The minimum Gasteiger partial charge on any atom is -0.484 e. The summed E-state index contributed by atoms with van der Waals surface area (Å²) >= 11 is 1.62. The Morgan fingerprint density at radius 2 is 1.74 bits per heavy atom. The molecule has 2 heterocycles. The lowest BCUT2D eigenvalue weighted by Gasteiger charge is -2.38. The summed E-state index contributed by atoms with van der Waals surface area (Å²) in [5.74, 6) is -0.522. The number of nitrogens with one attached hydrogen (secondary N) is 1. The molecule has 1 saturated heterocycles. The number of thiophene rings is 1. The number of carboxylic acid groups (broad SMARTS) is 1. The molecule has 1 aromatic heterocycles. The molecule has 5 N–H and O–H groups in total. The van der Waals surface area contributed by atoms with Crippen LogP contribution in [-0.2, 0) is 9.53 Å². The number of aliphatic hydroxyl groups excluding tert-OH is 3. The number of aliphatic hydroxyl groups is 3. The highest BCUT2D eigenvalue weighted by molar-refractivity contribution is 7.10. The summed E-state index contributed by atoms with van der Waals surface area (Å²) in [6.45, 7) is 0.775. The van der Waals surface area contributed by atoms with E-state index in [0.29, 0.717) is 16.9 Å². The summed E-state index contributed by atoms with van der Waals surface area (Å²) in [5.41, 5.74) is 0. The second-order valence-corrected chi connectivity index (χ2v) is 8.95. The van der Waals surface area contributed by atoms with Crippen LogP contribution in [0.1, 0.15) is 17.4 Å². The first-order valence-electron chi connectivity index (χ1n) is 10.9. The third kappa shape index (κ3) is 5.02. The van der Waals surface area contributed by atoms with Crippen molar-refractivity contribution < 1.29 is 39.4 Å². The molecule has 0 spiro atoms. The molecule has 3 aromatic rings. The van der Waals surface area contributed by atoms with Gasteiger partial charge in [-0.1, -0.05) is 30.3 Å². The number of hydrogen-bond donors (Lipinski definition) is 5. The van der Waals surface area contributed by atoms with E-state index < -0.39 is 36.7 Å². The van der Waals surface area contributed by atoms with Crippen molar-refractivity contribution in [1.29, 1.82) is 0 Å². The lowest BCUT2D eigenvalue weighted by Crippen LogP contribution is -2.61. The normalized spacial score (nSPS) is 25.7. The molecule has 0 radical (unpaired) electrons. The number of carboxylic acids is 1. The van der Waals surface area contributed by atoms with Crippen LogP contribution in [-0.4, -0.2) is 70.7 Å². The van der Waals surface area contributed by atoms with Crippen LogP contribution in [0.2, 0.25) is 0 Å². The number of benzene rings is 2. The molecule has 0 saturated carbocycles. The van der Waals surface area contributed by atoms with Gasteiger partial charge in [-0.15, -0.1) is 11.3 Å². The van der Waals surface area contributed by atoms with Gasteiger partial charge in [0, 0.05) is 22.1 Å². The van der Waals surface area contributed by atoms with E-state index in [0.717, 1.165) is 23.2 Å². The number of carbonyl (C=O) groups is 1. The summed E-state index contributed by atoms with van der Waals surface area (Å²) < 4.78 is 17.5. The summed E-state index contributed by atoms with van der Waals surface area (Å²) in [5, 5.41) is 46.1. The van der Waals surface area contributed by atoms with Crippen molar-refractivity contribution in [1.82, 2.24) is 5.32 Å². The van der Waals surface area contributed by atoms with Crippen molar-refractivity contribution in [2.45, 2.75) is 43.2 Å². The third-order valence-electron chi connectivity index (χ3n) is 5.69. The SMILES string of the molecule is CNCC[C@@H](Oc1ccc(OC2OC(C(=O)O)C(O)C(O)C2O)c2ccccc12)c1cccs1. The second kappa shape index (κ2) is 10.7. The van der Waals surface area contributed by atoms with Crippen LogP contribution in [0.3, 0.4) is 0 Å². The van der Waals surface area contributed by atoms with E-state index in [1.807, 2.05) is 42.8 Å². The van der Waals surface area contributed by atoms with Crippen LogP contribution in [0.5, 0.6) is 11.5 Å². The Labute approximate surface area is 200 Å². The molecular weight excluding hydrogens is 462 g/mol. The third-order valence-corrected chi connectivity index (χ3v) is 6.65. The lowest BCUT2D eigenvalue weighted by atomic mass is 9.99. The van der Waals surface area contributed by atoms with Crippen LogP contribution < -0.4 is 14.8 Å². The summed E-state index contributed by atoms with van der Waals surface area (Å²) in [4.78, 5) is 12.5. The Hall–Kier alpha value is -2.73. The maximum atomic E-state index is 11.4. The van der Waals surface area contributed by atoms with Crippen LogP contribution in [0.25, 0.3) is 10.8 Å². The Morgan fingerprint density at radius 1 is 1.03 bits per heavy atom. The number of aliphatic carboxylic acids is 1. The predicted molar refractivity (Wildman–Crippen MR) is 125 cm³/mol. The van der Waals surface area contributed by atoms with Crippen molar-refractivity contribution in [2.24, 2.45) is 0 Å². The first-order valence-corrected chi connectivity index (χ1v) is 11.7. The zero-order valence-electron chi connectivity index (χ0n) is 18.4. The van der Waals surface area contributed by atoms with E-state index in [1.165, 1.54) is 0 Å². The zero-order chi connectivity index (χ0) is 24.2. The predicted octanol–water partition coefficient (Wildman–Crippen LogP) is 1.90. The van der Waals surface area contributed by atoms with E-state index >= 15 is 0 Å². The molecule has 1 fully saturated rings. The van der Waals surface area contributed by atoms with Gasteiger partial charge in [0.2, 0.25) is 6.29 Å². The van der Waals surface area contributed by atoms with Crippen molar-refractivity contribution in [3.05, 3.63) is 58.8 Å². The van der Waals surface area contributed by atoms with E-state index in [9.17, 15) is 25.2 Å². The van der Waals surface area contributed by atoms with E-state index in [4.69, 9.17) is 14.2 Å². The first-order chi connectivity index (χ1) is 16.4. The quantitative estimate of drug-likeness (QED) is 0.305. The molecule has 34 heavy (non-hydrogen) atoms. The first kappa shape index (κ1) is 24.4. The van der Waals surface area contributed by atoms with Gasteiger partial charge in [0.15, 0.2) is 6.10 Å². The van der Waals surface area contributed by atoms with Gasteiger partial charge in [-0.2, -0.15) is 0 Å². The van der Waals surface area contributed by atoms with E-state index in [2.05, 4.69) is 5.32 Å². The number of fused-ring (bicyclic) bond motifs is 1. The fourth-order valence-electron chi connectivity index (χ4n) is 3.89. The van der Waals surface area contributed by atoms with Crippen LogP contribution in [0.15, 0.2) is 53.9 Å². The number of ether oxygens (including phenoxy) is 3. The monoisotopic (exact) mass is 489 g/mol. The van der Waals surface area contributed by atoms with Gasteiger partial charge in [0.25, 0.3) is 0 Å². The maximum absolute atomic E-state index is 11.4. The van der Waals surface area contributed by atoms with Crippen molar-refractivity contribution in [3.63, 3.8) is 0 Å². The minimum absolute atomic E-state index is 0.154. The van der Waals surface area contributed by atoms with Crippen LogP contribution in [0.4, 0.5) is 0 Å². The Morgan fingerprint density at radius 3 is 2.38 bits per heavy atom. The molecule has 4 rings (SSSR count). The van der Waals surface area contributed by atoms with Gasteiger partial charge in [-0.3, -0.25) is 0 Å². The van der Waals surface area contributed by atoms with Gasteiger partial charge in [0.05, 0.1) is 0 Å². The second-order valence-electron chi connectivity index (χ2n) is 7.97. The molecule has 2 aromatic carbocycles. The molecular formula is C24H27NO8S. The minimum atomic E-state index is -1.79. The summed E-state index contributed by atoms with van der Waals surface area (Å²) in [6, 6.07) is 14.8. The standard InChI is InChI=1S/C24H27NO8S/c1-25-11-10-17(18-7-4-12-34-18)31-15-8-9-16(14-6-3-2-5-13(14)15)32-24-21(28)19(26)20(27)22(33-24)23(29)30/h2-9,12,17,19-22,24-28H,10-11H2,1H3,(H,29,30)/t17-,19?,20?,21?,22?,24?/m1/s1. The molecule has 5 unspecified atom stereocenters. The fraction of sp³-hybridized carbons (Fsp3) is 0.375. The average Bonchev–Trinajstić information content (AvgIpc) is 3.37. The summed E-state index contributed by atoms with van der Waals surface area (Å²) in [7, 11) is 1.89. The highest BCUT2D eigenvalue weighted by atomic mass is 32.1. The smallest absolute Gasteiger partial charge is 0.335 e. The van der Waals surface area contributed by atoms with Crippen LogP contribution in [0, 0.1) is 0 Å². The molecule has 1 aliphatic heterocycles. The zero-order valence-corrected chi connectivity index (χ0v) is 19.2. The molecule has 9 nitrogen and oxygen atoms in total. The highest BCUT2D eigenvalue weighted by Gasteiger charge is 2.48. The highest BCUT2D eigenvalue weighted by Crippen LogP contribution is 2.38. The molecule has 10 heteroatoms. The maximum Gasteiger partial charge on any atom is 0.335 e. The van der Waals surface area contributed by atoms with Crippen molar-refractivity contribution in [3.8, 4) is 11.5 Å². The Balaban J connectivity index is 1.62. The van der Waals surface area contributed by atoms with Crippen LogP contribution >= 0.6 is 11.3 Å². The van der Waals surface area contributed by atoms with E-state index in [1.54, 1.807) is 29.5 Å². The van der Waals surface area contributed by atoms with Gasteiger partial charge in [-0.25, -0.2) is 4.79 Å². The Bertz CT molecular complexity index is 1110. The largest absolute Gasteiger partial charge is 0.484 e. The van der Waals surface area contributed by atoms with Crippen molar-refractivity contribution >= 4 is 28.1 Å². The van der Waals surface area contributed by atoms with Crippen molar-refractivity contribution in [2.75, 3.05) is 13.6 Å². The van der Waals surface area contributed by atoms with Gasteiger partial charge in [0.1, 0.15) is 35.9 Å². The fourth-order valence-corrected chi connectivity index (χ4v) is 4.68. The number of hydrogen-bond acceptors (Lipinski definition) is 9. The Kier molecular flexibility index (Phi) is 7.67. The summed E-state index contributed by atoms with van der Waals surface area (Å²) in [6.07, 6.45) is -7.80. The van der Waals surface area contributed by atoms with E-state index in [-0.39, 0.29) is 6.10 Å². The van der Waals surface area contributed by atoms with Gasteiger partial charge < -0.3 is 40.0 Å². The molecule has 0 bridgehead atoms. The molecule has 6 atom stereocenters.